The van der Waals surface area contributed by atoms with Gasteiger partial charge in [-0.05, 0) is 46.5 Å². The summed E-state index contributed by atoms with van der Waals surface area (Å²) in [5, 5.41) is 2.74. The van der Waals surface area contributed by atoms with Crippen LogP contribution in [0, 0.1) is 12.3 Å². The number of alkyl halides is 1. The Morgan fingerprint density at radius 1 is 1.47 bits per heavy atom. The van der Waals surface area contributed by atoms with Crippen LogP contribution in [0.2, 0.25) is 0 Å². The van der Waals surface area contributed by atoms with E-state index in [1.807, 2.05) is 0 Å². The van der Waals surface area contributed by atoms with Crippen molar-refractivity contribution in [1.29, 1.82) is 0 Å². The molecule has 0 heterocycles. The molecule has 96 valence electrons. The number of terminal acetylenes is 1. The van der Waals surface area contributed by atoms with Crippen molar-refractivity contribution in [2.45, 2.75) is 63.8 Å². The quantitative estimate of drug-likeness (QED) is 0.717. The molecular weight excluding hydrogens is 221 g/mol. The highest BCUT2D eigenvalue weighted by Crippen LogP contribution is 2.31. The Morgan fingerprint density at radius 2 is 2.00 bits per heavy atom. The molecule has 1 fully saturated rings. The predicted molar refractivity (Wildman–Crippen MR) is 64.3 cm³/mol. The number of hydrogen-bond acceptors (Lipinski definition) is 2. The summed E-state index contributed by atoms with van der Waals surface area (Å²) in [5.74, 6) is 2.18. The second-order valence-corrected chi connectivity index (χ2v) is 5.53. The number of nitrogens with one attached hydrogen (secondary N) is 1. The number of ether oxygens (including phenoxy) is 1. The molecule has 0 radical (unpaired) electrons. The molecule has 0 aromatic rings. The lowest BCUT2D eigenvalue weighted by Gasteiger charge is -2.31. The molecule has 3 nitrogen and oxygen atoms in total. The lowest BCUT2D eigenvalue weighted by atomic mass is 9.84. The third-order valence-electron chi connectivity index (χ3n) is 2.76. The van der Waals surface area contributed by atoms with Gasteiger partial charge in [0.2, 0.25) is 0 Å². The summed E-state index contributed by atoms with van der Waals surface area (Å²) in [5.41, 5.74) is -2.01. The highest BCUT2D eigenvalue weighted by Gasteiger charge is 2.34. The van der Waals surface area contributed by atoms with Crippen molar-refractivity contribution >= 4 is 6.09 Å². The summed E-state index contributed by atoms with van der Waals surface area (Å²) < 4.78 is 18.8. The molecule has 0 aromatic carbocycles. The molecule has 1 rings (SSSR count). The van der Waals surface area contributed by atoms with Gasteiger partial charge in [0.15, 0.2) is 5.67 Å². The minimum atomic E-state index is -1.49. The molecule has 1 N–H and O–H groups in total. The predicted octanol–water partition coefficient (Wildman–Crippen LogP) is 2.80. The first-order valence-corrected chi connectivity index (χ1v) is 5.90. The molecule has 0 bridgehead atoms. The van der Waals surface area contributed by atoms with Gasteiger partial charge in [0.1, 0.15) is 5.60 Å². The van der Waals surface area contributed by atoms with Crippen LogP contribution >= 0.6 is 0 Å². The average Bonchev–Trinajstić information content (AvgIpc) is 2.19. The van der Waals surface area contributed by atoms with Gasteiger partial charge in [-0.25, -0.2) is 9.18 Å². The van der Waals surface area contributed by atoms with Gasteiger partial charge in [-0.3, -0.25) is 0 Å². The highest BCUT2D eigenvalue weighted by atomic mass is 19.1. The standard InChI is InChI=1S/C13H20FNO2/c1-5-13(14)8-6-10(7-9-13)15-11(16)17-12(2,3)4/h1,10H,6-9H2,2-4H3,(H,15,16). The molecule has 1 aliphatic rings. The van der Waals surface area contributed by atoms with E-state index in [4.69, 9.17) is 11.2 Å². The van der Waals surface area contributed by atoms with Gasteiger partial charge in [0.05, 0.1) is 0 Å². The van der Waals surface area contributed by atoms with Gasteiger partial charge in [-0.15, -0.1) is 6.42 Å². The van der Waals surface area contributed by atoms with Crippen molar-refractivity contribution in [3.05, 3.63) is 0 Å². The molecule has 4 heteroatoms. The monoisotopic (exact) mass is 241 g/mol. The van der Waals surface area contributed by atoms with Gasteiger partial charge in [-0.1, -0.05) is 5.92 Å². The zero-order valence-electron chi connectivity index (χ0n) is 10.7. The highest BCUT2D eigenvalue weighted by molar-refractivity contribution is 5.68. The third kappa shape index (κ3) is 4.64. The number of amides is 1. The molecule has 0 aromatic heterocycles. The number of carbonyl (C=O) groups excluding carboxylic acids is 1. The molecule has 0 atom stereocenters. The van der Waals surface area contributed by atoms with Crippen molar-refractivity contribution in [2.75, 3.05) is 0 Å². The van der Waals surface area contributed by atoms with Crippen LogP contribution in [0.4, 0.5) is 9.18 Å². The van der Waals surface area contributed by atoms with Gasteiger partial charge in [0, 0.05) is 6.04 Å². The van der Waals surface area contributed by atoms with Crippen LogP contribution in [0.15, 0.2) is 0 Å². The minimum absolute atomic E-state index is 0.0397. The van der Waals surface area contributed by atoms with Gasteiger partial charge in [0.25, 0.3) is 0 Å². The van der Waals surface area contributed by atoms with Gasteiger partial charge < -0.3 is 10.1 Å². The largest absolute Gasteiger partial charge is 0.444 e. The Labute approximate surface area is 102 Å². The first-order chi connectivity index (χ1) is 7.74. The summed E-state index contributed by atoms with van der Waals surface area (Å²) in [6.45, 7) is 5.41. The lowest BCUT2D eigenvalue weighted by molar-refractivity contribution is 0.0469. The maximum Gasteiger partial charge on any atom is 0.407 e. The first kappa shape index (κ1) is 13.8. The van der Waals surface area contributed by atoms with Crippen LogP contribution in [-0.2, 0) is 4.74 Å². The smallest absolute Gasteiger partial charge is 0.407 e. The van der Waals surface area contributed by atoms with Crippen LogP contribution in [0.1, 0.15) is 46.5 Å². The van der Waals surface area contributed by atoms with Crippen molar-refractivity contribution in [3.63, 3.8) is 0 Å². The number of alkyl carbamates (subject to hydrolysis) is 1. The molecule has 0 unspecified atom stereocenters. The molecule has 1 saturated carbocycles. The summed E-state index contributed by atoms with van der Waals surface area (Å²) in [6.07, 6.45) is 6.38. The van der Waals surface area contributed by atoms with Crippen LogP contribution in [-0.4, -0.2) is 23.4 Å². The van der Waals surface area contributed by atoms with E-state index in [9.17, 15) is 9.18 Å². The van der Waals surface area contributed by atoms with Crippen LogP contribution in [0.3, 0.4) is 0 Å². The zero-order chi connectivity index (χ0) is 13.1. The Balaban J connectivity index is 2.37. The minimum Gasteiger partial charge on any atom is -0.444 e. The molecule has 0 saturated heterocycles. The molecule has 1 aliphatic carbocycles. The molecular formula is C13H20FNO2. The summed E-state index contributed by atoms with van der Waals surface area (Å²) in [7, 11) is 0. The Morgan fingerprint density at radius 3 is 2.41 bits per heavy atom. The van der Waals surface area contributed by atoms with E-state index in [0.29, 0.717) is 25.7 Å². The first-order valence-electron chi connectivity index (χ1n) is 5.90. The second kappa shape index (κ2) is 4.95. The number of halogens is 1. The van der Waals surface area contributed by atoms with E-state index in [1.165, 1.54) is 0 Å². The summed E-state index contributed by atoms with van der Waals surface area (Å²) in [4.78, 5) is 11.5. The fourth-order valence-electron chi connectivity index (χ4n) is 1.84. The van der Waals surface area contributed by atoms with E-state index < -0.39 is 17.4 Å². The Bertz CT molecular complexity index is 319. The average molecular weight is 241 g/mol. The SMILES string of the molecule is C#CC1(F)CCC(NC(=O)OC(C)(C)C)CC1. The van der Waals surface area contributed by atoms with Gasteiger partial charge in [-0.2, -0.15) is 0 Å². The fraction of sp³-hybridized carbons (Fsp3) is 0.769. The molecule has 0 spiro atoms. The fourth-order valence-corrected chi connectivity index (χ4v) is 1.84. The maximum absolute atomic E-state index is 13.7. The summed E-state index contributed by atoms with van der Waals surface area (Å²) >= 11 is 0. The molecule has 1 amide bonds. The van der Waals surface area contributed by atoms with E-state index in [2.05, 4.69) is 11.2 Å². The van der Waals surface area contributed by atoms with Crippen LogP contribution in [0.5, 0.6) is 0 Å². The summed E-state index contributed by atoms with van der Waals surface area (Å²) in [6, 6.07) is -0.0397. The topological polar surface area (TPSA) is 38.3 Å². The van der Waals surface area contributed by atoms with E-state index in [-0.39, 0.29) is 6.04 Å². The maximum atomic E-state index is 13.7. The van der Waals surface area contributed by atoms with Crippen LogP contribution < -0.4 is 5.32 Å². The van der Waals surface area contributed by atoms with Gasteiger partial charge >= 0.3 is 6.09 Å². The van der Waals surface area contributed by atoms with E-state index in [0.717, 1.165) is 0 Å². The Kier molecular flexibility index (Phi) is 4.03. The number of carbonyl (C=O) groups is 1. The van der Waals surface area contributed by atoms with Crippen molar-refractivity contribution in [2.24, 2.45) is 0 Å². The normalized spacial score (nSPS) is 29.2. The lowest BCUT2D eigenvalue weighted by Crippen LogP contribution is -2.43. The van der Waals surface area contributed by atoms with Crippen LogP contribution in [0.25, 0.3) is 0 Å². The number of hydrogen-bond donors (Lipinski definition) is 1. The molecule has 17 heavy (non-hydrogen) atoms. The third-order valence-corrected chi connectivity index (χ3v) is 2.76. The van der Waals surface area contributed by atoms with E-state index in [1.54, 1.807) is 20.8 Å². The van der Waals surface area contributed by atoms with Crippen molar-refractivity contribution < 1.29 is 13.9 Å². The number of rotatable bonds is 1. The molecule has 0 aliphatic heterocycles. The van der Waals surface area contributed by atoms with Crippen molar-refractivity contribution in [1.82, 2.24) is 5.32 Å². The second-order valence-electron chi connectivity index (χ2n) is 5.53. The van der Waals surface area contributed by atoms with E-state index >= 15 is 0 Å². The zero-order valence-corrected chi connectivity index (χ0v) is 10.7. The van der Waals surface area contributed by atoms with Crippen molar-refractivity contribution in [3.8, 4) is 12.3 Å². The Hall–Kier alpha value is -1.24.